The normalized spacial score (nSPS) is 9.25. The van der Waals surface area contributed by atoms with Gasteiger partial charge in [-0.3, -0.25) is 0 Å². The van der Waals surface area contributed by atoms with Gasteiger partial charge in [0.2, 0.25) is 5.69 Å². The van der Waals surface area contributed by atoms with Crippen molar-refractivity contribution in [3.63, 3.8) is 0 Å². The minimum atomic E-state index is 0.866. The largest absolute Gasteiger partial charge is 0.411 e. The Balaban J connectivity index is 0.000000561. The van der Waals surface area contributed by atoms with E-state index in [9.17, 15) is 0 Å². The molecule has 1 aromatic rings. The minimum Gasteiger partial charge on any atom is -0.411 e. The molecule has 0 bridgehead atoms. The second-order valence-corrected chi connectivity index (χ2v) is 1.98. The zero-order valence-electron chi connectivity index (χ0n) is 7.11. The molecular weight excluding hydrogens is 267 g/mol. The Morgan fingerprint density at radius 3 is 2.67 bits per heavy atom. The lowest BCUT2D eigenvalue weighted by Gasteiger charge is -1.88. The van der Waals surface area contributed by atoms with Crippen molar-refractivity contribution in [1.29, 1.82) is 0 Å². The molecule has 0 fully saturated rings. The Bertz CT molecular complexity index is 251. The molecule has 66 valence electrons. The first-order valence-corrected chi connectivity index (χ1v) is 5.50. The number of rotatable bonds is 1. The van der Waals surface area contributed by atoms with E-state index in [2.05, 4.69) is 27.7 Å². The molecule has 0 aromatic carbocycles. The Labute approximate surface area is 85.9 Å². The van der Waals surface area contributed by atoms with Crippen molar-refractivity contribution in [2.75, 3.05) is 4.93 Å². The van der Waals surface area contributed by atoms with Crippen molar-refractivity contribution < 1.29 is 9.77 Å². The zero-order chi connectivity index (χ0) is 9.40. The van der Waals surface area contributed by atoms with Gasteiger partial charge in [-0.25, -0.2) is 4.57 Å². The quantitative estimate of drug-likeness (QED) is 0.207. The van der Waals surface area contributed by atoms with Crippen LogP contribution in [-0.4, -0.2) is 16.4 Å². The van der Waals surface area contributed by atoms with Crippen LogP contribution >= 0.6 is 22.6 Å². The lowest BCUT2D eigenvalue weighted by molar-refractivity contribution is -0.672. The number of aryl methyl sites for hydroxylation is 1. The molecule has 0 atom stereocenters. The number of nitrogens with zero attached hydrogens (tertiary/aromatic N) is 2. The van der Waals surface area contributed by atoms with E-state index in [1.165, 1.54) is 6.21 Å². The number of alkyl halides is 1. The van der Waals surface area contributed by atoms with Crippen LogP contribution in [-0.2, 0) is 7.05 Å². The molecule has 0 aliphatic rings. The fourth-order valence-corrected chi connectivity index (χ4v) is 0.730. The van der Waals surface area contributed by atoms with Gasteiger partial charge >= 0.3 is 0 Å². The van der Waals surface area contributed by atoms with Crippen LogP contribution in [0.1, 0.15) is 5.69 Å². The van der Waals surface area contributed by atoms with Gasteiger partial charge in [0, 0.05) is 12.1 Å². The molecule has 1 rings (SSSR count). The summed E-state index contributed by atoms with van der Waals surface area (Å²) >= 11 is 2.15. The van der Waals surface area contributed by atoms with Gasteiger partial charge in [-0.2, -0.15) is 0 Å². The first-order chi connectivity index (χ1) is 5.84. The van der Waals surface area contributed by atoms with E-state index in [0.29, 0.717) is 0 Å². The van der Waals surface area contributed by atoms with Crippen LogP contribution in [0, 0.1) is 0 Å². The summed E-state index contributed by atoms with van der Waals surface area (Å²) in [6.45, 7) is 0. The minimum absolute atomic E-state index is 0.866. The second-order valence-electron chi connectivity index (χ2n) is 1.98. The van der Waals surface area contributed by atoms with E-state index in [1.807, 2.05) is 40.9 Å². The van der Waals surface area contributed by atoms with Crippen LogP contribution in [0.4, 0.5) is 0 Å². The average molecular weight is 279 g/mol. The summed E-state index contributed by atoms with van der Waals surface area (Å²) < 4.78 is 1.86. The highest BCUT2D eigenvalue weighted by Crippen LogP contribution is 1.84. The number of pyridine rings is 1. The summed E-state index contributed by atoms with van der Waals surface area (Å²) in [5.41, 5.74) is 0.866. The highest BCUT2D eigenvalue weighted by Gasteiger charge is 1.98. The molecule has 1 aromatic heterocycles. The highest BCUT2D eigenvalue weighted by molar-refractivity contribution is 14.1. The van der Waals surface area contributed by atoms with Crippen LogP contribution < -0.4 is 4.57 Å². The first kappa shape index (κ1) is 11.4. The molecule has 1 heterocycles. The summed E-state index contributed by atoms with van der Waals surface area (Å²) in [7, 11) is 1.89. The van der Waals surface area contributed by atoms with E-state index in [-0.39, 0.29) is 0 Å². The standard InChI is InChI=1S/C7H8N2O.CH3I/c1-9-5-3-2-4-7(9)6-8-10;1-2/h2-6H,1H3;1H3/p+1. The Hall–Kier alpha value is -0.650. The lowest BCUT2D eigenvalue weighted by atomic mass is 10.4. The first-order valence-electron chi connectivity index (χ1n) is 3.34. The van der Waals surface area contributed by atoms with Crippen molar-refractivity contribution >= 4 is 28.8 Å². The SMILES string of the molecule is CI.C[n+]1ccccc1C=NO. The van der Waals surface area contributed by atoms with Crippen molar-refractivity contribution in [3.8, 4) is 0 Å². The smallest absolute Gasteiger partial charge is 0.226 e. The molecule has 0 amide bonds. The summed E-state index contributed by atoms with van der Waals surface area (Å²) in [5.74, 6) is 0. The topological polar surface area (TPSA) is 36.5 Å². The lowest BCUT2D eigenvalue weighted by Crippen LogP contribution is -2.32. The number of hydrogen-bond acceptors (Lipinski definition) is 2. The van der Waals surface area contributed by atoms with Gasteiger partial charge in [0.25, 0.3) is 0 Å². The number of oxime groups is 1. The van der Waals surface area contributed by atoms with Crippen molar-refractivity contribution in [2.45, 2.75) is 0 Å². The summed E-state index contributed by atoms with van der Waals surface area (Å²) in [6.07, 6.45) is 3.27. The number of halogens is 1. The van der Waals surface area contributed by atoms with Gasteiger partial charge in [-0.05, 0) is 11.0 Å². The third kappa shape index (κ3) is 3.66. The van der Waals surface area contributed by atoms with Crippen molar-refractivity contribution in [2.24, 2.45) is 12.2 Å². The van der Waals surface area contributed by atoms with Gasteiger partial charge in [-0.1, -0.05) is 27.7 Å². The average Bonchev–Trinajstić information content (AvgIpc) is 2.13. The molecule has 12 heavy (non-hydrogen) atoms. The van der Waals surface area contributed by atoms with Crippen LogP contribution in [0.5, 0.6) is 0 Å². The zero-order valence-corrected chi connectivity index (χ0v) is 9.26. The molecular formula is C8H12IN2O+. The molecule has 1 N–H and O–H groups in total. The Morgan fingerprint density at radius 1 is 1.50 bits per heavy atom. The van der Waals surface area contributed by atoms with Gasteiger partial charge < -0.3 is 5.21 Å². The predicted molar refractivity (Wildman–Crippen MR) is 56.9 cm³/mol. The molecule has 0 saturated carbocycles. The number of hydrogen-bond donors (Lipinski definition) is 1. The third-order valence-corrected chi connectivity index (χ3v) is 1.29. The number of aromatic nitrogens is 1. The van der Waals surface area contributed by atoms with Gasteiger partial charge in [0.1, 0.15) is 13.3 Å². The fourth-order valence-electron chi connectivity index (χ4n) is 0.730. The maximum absolute atomic E-state index is 8.20. The summed E-state index contributed by atoms with van der Waals surface area (Å²) in [4.78, 5) is 1.97. The molecule has 0 unspecified atom stereocenters. The summed E-state index contributed by atoms with van der Waals surface area (Å²) in [6, 6.07) is 5.66. The molecule has 0 saturated heterocycles. The van der Waals surface area contributed by atoms with Gasteiger partial charge in [0.05, 0.1) is 0 Å². The van der Waals surface area contributed by atoms with Crippen molar-refractivity contribution in [3.05, 3.63) is 30.1 Å². The highest BCUT2D eigenvalue weighted by atomic mass is 127. The molecule has 0 aliphatic heterocycles. The molecule has 4 heteroatoms. The molecule has 0 aliphatic carbocycles. The monoisotopic (exact) mass is 279 g/mol. The van der Waals surface area contributed by atoms with E-state index in [0.717, 1.165) is 5.69 Å². The van der Waals surface area contributed by atoms with Crippen LogP contribution in [0.25, 0.3) is 0 Å². The van der Waals surface area contributed by atoms with Crippen molar-refractivity contribution in [1.82, 2.24) is 0 Å². The molecule has 0 radical (unpaired) electrons. The maximum atomic E-state index is 8.20. The second kappa shape index (κ2) is 7.02. The molecule has 3 nitrogen and oxygen atoms in total. The van der Waals surface area contributed by atoms with E-state index in [1.54, 1.807) is 0 Å². The Morgan fingerprint density at radius 2 is 2.17 bits per heavy atom. The summed E-state index contributed by atoms with van der Waals surface area (Å²) in [5, 5.41) is 11.1. The van der Waals surface area contributed by atoms with Gasteiger partial charge in [-0.15, -0.1) is 0 Å². The van der Waals surface area contributed by atoms with Crippen LogP contribution in [0.3, 0.4) is 0 Å². The van der Waals surface area contributed by atoms with Gasteiger partial charge in [0.15, 0.2) is 6.20 Å². The maximum Gasteiger partial charge on any atom is 0.226 e. The fraction of sp³-hybridized carbons (Fsp3) is 0.250. The van der Waals surface area contributed by atoms with E-state index < -0.39 is 0 Å². The predicted octanol–water partition coefficient (Wildman–Crippen LogP) is 1.37. The van der Waals surface area contributed by atoms with E-state index >= 15 is 0 Å². The van der Waals surface area contributed by atoms with Crippen LogP contribution in [0.2, 0.25) is 0 Å². The van der Waals surface area contributed by atoms with E-state index in [4.69, 9.17) is 5.21 Å². The van der Waals surface area contributed by atoms with Crippen LogP contribution in [0.15, 0.2) is 29.6 Å². The molecule has 0 spiro atoms. The third-order valence-electron chi connectivity index (χ3n) is 1.29. The Kier molecular flexibility index (Phi) is 6.64.